The van der Waals surface area contributed by atoms with Crippen molar-refractivity contribution in [1.82, 2.24) is 0 Å². The van der Waals surface area contributed by atoms with E-state index in [4.69, 9.17) is 13.8 Å². The Morgan fingerprint density at radius 2 is 1.67 bits per heavy atom. The highest BCUT2D eigenvalue weighted by Gasteiger charge is 2.32. The van der Waals surface area contributed by atoms with Crippen LogP contribution in [0.2, 0.25) is 0 Å². The molecule has 0 atom stereocenters. The zero-order valence-electron chi connectivity index (χ0n) is 12.4. The number of thioether (sulfide) groups is 1. The Kier molecular flexibility index (Phi) is 7.89. The van der Waals surface area contributed by atoms with E-state index >= 15 is 0 Å². The highest BCUT2D eigenvalue weighted by Crippen LogP contribution is 2.62. The molecule has 1 aromatic rings. The third-order valence-corrected chi connectivity index (χ3v) is 5.94. The monoisotopic (exact) mass is 331 g/mol. The summed E-state index contributed by atoms with van der Waals surface area (Å²) in [5, 5.41) is 12.1. The van der Waals surface area contributed by atoms with E-state index in [-0.39, 0.29) is 24.5 Å². The predicted molar refractivity (Wildman–Crippen MR) is 81.8 cm³/mol. The van der Waals surface area contributed by atoms with Gasteiger partial charge in [-0.05, 0) is 32.6 Å². The van der Waals surface area contributed by atoms with Crippen molar-refractivity contribution in [2.45, 2.75) is 25.7 Å². The molecule has 0 heterocycles. The molecule has 21 heavy (non-hydrogen) atoms. The molecule has 0 unspecified atom stereocenters. The Balaban J connectivity index is 3.18. The van der Waals surface area contributed by atoms with Gasteiger partial charge < -0.3 is 18.9 Å². The Labute approximate surface area is 129 Å². The van der Waals surface area contributed by atoms with Crippen molar-refractivity contribution >= 4 is 19.4 Å². The Morgan fingerprint density at radius 3 is 2.14 bits per heavy atom. The molecule has 0 fully saturated rings. The molecule has 0 N–H and O–H groups in total. The minimum absolute atomic E-state index is 0.0424. The van der Waals surface area contributed by atoms with Crippen molar-refractivity contribution < 1.29 is 23.5 Å². The second-order valence-corrected chi connectivity index (χ2v) is 7.12. The van der Waals surface area contributed by atoms with Gasteiger partial charge in [0.05, 0.1) is 19.2 Å². The molecule has 0 spiro atoms. The molecule has 0 saturated heterocycles. The lowest BCUT2D eigenvalue weighted by Crippen LogP contribution is -2.12. The molecule has 0 saturated carbocycles. The van der Waals surface area contributed by atoms with E-state index in [1.807, 2.05) is 30.3 Å². The van der Waals surface area contributed by atoms with E-state index in [2.05, 4.69) is 0 Å². The van der Waals surface area contributed by atoms with Crippen LogP contribution in [-0.2, 0) is 18.3 Å². The Hall–Kier alpha value is -0.940. The average Bonchev–Trinajstić information content (AvgIpc) is 2.46. The molecular weight excluding hydrogens is 311 g/mol. The number of rotatable bonds is 9. The van der Waals surface area contributed by atoms with E-state index in [0.29, 0.717) is 0 Å². The lowest BCUT2D eigenvalue weighted by Gasteiger charge is -2.24. The van der Waals surface area contributed by atoms with Gasteiger partial charge in [-0.2, -0.15) is 0 Å². The van der Waals surface area contributed by atoms with Gasteiger partial charge in [-0.25, -0.2) is 0 Å². The van der Waals surface area contributed by atoms with Crippen LogP contribution in [0.3, 0.4) is 0 Å². The molecule has 1 rings (SSSR count). The smallest absolute Gasteiger partial charge is 0.369 e. The summed E-state index contributed by atoms with van der Waals surface area (Å²) in [6.45, 7) is 5.62. The van der Waals surface area contributed by atoms with Gasteiger partial charge in [0.2, 0.25) is 0 Å². The standard InChI is InChI=1S/C14H21O5PS/c1-4-17-13(15)14(20(16,18-5-2)19-6-3)21-12-10-8-7-9-11-12/h7-11,15H,4-6H2,1-3H3/p-1/b14-13-. The molecule has 0 amide bonds. The summed E-state index contributed by atoms with van der Waals surface area (Å²) in [6, 6.07) is 9.14. The fourth-order valence-corrected chi connectivity index (χ4v) is 4.51. The summed E-state index contributed by atoms with van der Waals surface area (Å²) in [5.41, 5.74) is 0. The topological polar surface area (TPSA) is 67.8 Å². The maximum Gasteiger partial charge on any atom is 0.369 e. The first kappa shape index (κ1) is 18.1. The first-order chi connectivity index (χ1) is 10.1. The van der Waals surface area contributed by atoms with Crippen molar-refractivity contribution in [3.8, 4) is 0 Å². The summed E-state index contributed by atoms with van der Waals surface area (Å²) >= 11 is 1.05. The first-order valence-electron chi connectivity index (χ1n) is 6.74. The molecule has 5 nitrogen and oxygen atoms in total. The fourth-order valence-electron chi connectivity index (χ4n) is 1.50. The molecular formula is C14H20O5PS-. The minimum Gasteiger partial charge on any atom is -0.613 e. The van der Waals surface area contributed by atoms with Gasteiger partial charge in [0, 0.05) is 4.90 Å². The van der Waals surface area contributed by atoms with E-state index < -0.39 is 13.5 Å². The molecule has 0 radical (unpaired) electrons. The summed E-state index contributed by atoms with van der Waals surface area (Å²) < 4.78 is 28.3. The number of benzene rings is 1. The van der Waals surface area contributed by atoms with Crippen molar-refractivity contribution in [3.63, 3.8) is 0 Å². The van der Waals surface area contributed by atoms with Gasteiger partial charge in [0.25, 0.3) is 0 Å². The first-order valence-corrected chi connectivity index (χ1v) is 9.10. The summed E-state index contributed by atoms with van der Waals surface area (Å²) in [4.78, 5) is 0.764. The highest BCUT2D eigenvalue weighted by atomic mass is 32.2. The van der Waals surface area contributed by atoms with Gasteiger partial charge in [-0.15, -0.1) is 0 Å². The van der Waals surface area contributed by atoms with Crippen molar-refractivity contribution in [2.24, 2.45) is 0 Å². The second kappa shape index (κ2) is 9.15. The van der Waals surface area contributed by atoms with E-state index in [0.717, 1.165) is 16.7 Å². The zero-order chi connectivity index (χ0) is 15.7. The molecule has 118 valence electrons. The largest absolute Gasteiger partial charge is 0.613 e. The third-order valence-electron chi connectivity index (χ3n) is 2.25. The Morgan fingerprint density at radius 1 is 1.10 bits per heavy atom. The zero-order valence-corrected chi connectivity index (χ0v) is 14.1. The van der Waals surface area contributed by atoms with Crippen LogP contribution in [0.5, 0.6) is 0 Å². The molecule has 0 aliphatic carbocycles. The third kappa shape index (κ3) is 5.40. The molecule has 0 aliphatic heterocycles. The maximum absolute atomic E-state index is 12.8. The van der Waals surface area contributed by atoms with Crippen LogP contribution in [0.1, 0.15) is 20.8 Å². The van der Waals surface area contributed by atoms with E-state index in [1.165, 1.54) is 0 Å². The van der Waals surface area contributed by atoms with Crippen LogP contribution in [0.25, 0.3) is 0 Å². The van der Waals surface area contributed by atoms with E-state index in [1.54, 1.807) is 20.8 Å². The van der Waals surface area contributed by atoms with Gasteiger partial charge in [0.15, 0.2) is 0 Å². The number of hydrogen-bond donors (Lipinski definition) is 0. The molecule has 0 aromatic heterocycles. The second-order valence-electron chi connectivity index (χ2n) is 3.77. The van der Waals surface area contributed by atoms with Crippen LogP contribution in [0, 0.1) is 0 Å². The number of ether oxygens (including phenoxy) is 1. The van der Waals surface area contributed by atoms with Crippen LogP contribution in [0.15, 0.2) is 45.8 Å². The van der Waals surface area contributed by atoms with Gasteiger partial charge in [-0.3, -0.25) is 4.57 Å². The maximum atomic E-state index is 12.8. The van der Waals surface area contributed by atoms with Crippen molar-refractivity contribution in [1.29, 1.82) is 0 Å². The Bertz CT molecular complexity index is 493. The summed E-state index contributed by atoms with van der Waals surface area (Å²) in [5.74, 6) is -0.670. The van der Waals surface area contributed by atoms with Gasteiger partial charge in [-0.1, -0.05) is 36.9 Å². The molecule has 1 aromatic carbocycles. The van der Waals surface area contributed by atoms with Crippen LogP contribution in [-0.4, -0.2) is 19.8 Å². The van der Waals surface area contributed by atoms with Crippen LogP contribution in [0.4, 0.5) is 0 Å². The average molecular weight is 331 g/mol. The fraction of sp³-hybridized carbons (Fsp3) is 0.429. The quantitative estimate of drug-likeness (QED) is 0.391. The molecule has 0 aliphatic rings. The van der Waals surface area contributed by atoms with Crippen molar-refractivity contribution in [2.75, 3.05) is 19.8 Å². The normalized spacial score (nSPS) is 12.9. The lowest BCUT2D eigenvalue weighted by molar-refractivity contribution is -0.356. The minimum atomic E-state index is -3.68. The molecule has 0 bridgehead atoms. The van der Waals surface area contributed by atoms with E-state index in [9.17, 15) is 9.67 Å². The van der Waals surface area contributed by atoms with Crippen LogP contribution >= 0.6 is 19.4 Å². The van der Waals surface area contributed by atoms with Gasteiger partial charge in [0.1, 0.15) is 4.65 Å². The number of hydrogen-bond acceptors (Lipinski definition) is 6. The summed E-state index contributed by atoms with van der Waals surface area (Å²) in [6.07, 6.45) is 0. The predicted octanol–water partition coefficient (Wildman–Crippen LogP) is 3.57. The van der Waals surface area contributed by atoms with Crippen molar-refractivity contribution in [3.05, 3.63) is 40.9 Å². The highest BCUT2D eigenvalue weighted by molar-refractivity contribution is 8.10. The summed E-state index contributed by atoms with van der Waals surface area (Å²) in [7, 11) is -3.68. The molecule has 7 heteroatoms. The lowest BCUT2D eigenvalue weighted by atomic mass is 10.4. The van der Waals surface area contributed by atoms with Crippen LogP contribution < -0.4 is 5.11 Å². The SMILES string of the molecule is CCO/C([O-])=C(\Sc1ccccc1)P(=O)(OCC)OCC. The van der Waals surface area contributed by atoms with Gasteiger partial charge >= 0.3 is 7.60 Å².